The molecule has 0 amide bonds. The molecule has 3 heteroatoms. The van der Waals surface area contributed by atoms with Crippen LogP contribution >= 0.6 is 0 Å². The van der Waals surface area contributed by atoms with Crippen molar-refractivity contribution in [1.29, 1.82) is 0 Å². The number of Topliss-reactive ketones (excluding diaryl/α,β-unsaturated/α-hetero) is 1. The average molecular weight is 302 g/mol. The highest BCUT2D eigenvalue weighted by molar-refractivity contribution is 5.87. The second-order valence-electron chi connectivity index (χ2n) is 6.88. The van der Waals surface area contributed by atoms with Crippen molar-refractivity contribution in [1.82, 2.24) is 0 Å². The summed E-state index contributed by atoms with van der Waals surface area (Å²) in [6.07, 6.45) is 4.18. The van der Waals surface area contributed by atoms with E-state index in [1.54, 1.807) is 0 Å². The summed E-state index contributed by atoms with van der Waals surface area (Å²) in [5.74, 6) is 0.198. The zero-order valence-electron chi connectivity index (χ0n) is 13.5. The topological polar surface area (TPSA) is 54.4 Å². The van der Waals surface area contributed by atoms with Crippen LogP contribution in [0.25, 0.3) is 0 Å². The normalized spacial score (nSPS) is 26.1. The number of carboxylic acid groups (broad SMARTS) is 1. The van der Waals surface area contributed by atoms with Gasteiger partial charge in [0.25, 0.3) is 0 Å². The summed E-state index contributed by atoms with van der Waals surface area (Å²) in [6, 6.07) is 10.3. The zero-order chi connectivity index (χ0) is 16.2. The van der Waals surface area contributed by atoms with E-state index in [0.717, 1.165) is 19.3 Å². The quantitative estimate of drug-likeness (QED) is 0.824. The highest BCUT2D eigenvalue weighted by atomic mass is 16.4. The molecule has 22 heavy (non-hydrogen) atoms. The molecule has 3 atom stereocenters. The van der Waals surface area contributed by atoms with Crippen LogP contribution in [0, 0.1) is 17.3 Å². The van der Waals surface area contributed by atoms with E-state index in [1.807, 2.05) is 18.2 Å². The molecule has 1 saturated carbocycles. The van der Waals surface area contributed by atoms with E-state index in [4.69, 9.17) is 5.11 Å². The molecule has 2 rings (SSSR count). The van der Waals surface area contributed by atoms with Crippen molar-refractivity contribution < 1.29 is 14.7 Å². The highest BCUT2D eigenvalue weighted by Crippen LogP contribution is 2.48. The lowest BCUT2D eigenvalue weighted by atomic mass is 9.69. The van der Waals surface area contributed by atoms with Crippen molar-refractivity contribution in [3.05, 3.63) is 35.9 Å². The maximum Gasteiger partial charge on any atom is 0.303 e. The lowest BCUT2D eigenvalue weighted by Crippen LogP contribution is -2.33. The molecular formula is C19H26O3. The number of benzene rings is 1. The maximum atomic E-state index is 12.5. The first kappa shape index (κ1) is 16.7. The number of aryl methyl sites for hydroxylation is 1. The molecule has 0 bridgehead atoms. The van der Waals surface area contributed by atoms with Crippen molar-refractivity contribution >= 4 is 11.8 Å². The minimum absolute atomic E-state index is 0.195. The van der Waals surface area contributed by atoms with Crippen LogP contribution in [0.15, 0.2) is 30.3 Å². The Morgan fingerprint density at radius 3 is 2.68 bits per heavy atom. The maximum absolute atomic E-state index is 12.5. The largest absolute Gasteiger partial charge is 0.481 e. The summed E-state index contributed by atoms with van der Waals surface area (Å²) in [7, 11) is 0. The van der Waals surface area contributed by atoms with E-state index >= 15 is 0 Å². The standard InChI is InChI=1S/C19H26O3/c1-14(8-11-18(21)22)16-9-10-17(20)19(16,2)13-12-15-6-4-3-5-7-15/h3-7,14,16H,8-13H2,1-2H3,(H,21,22)/t14-,16+,19+/m1/s1. The second-order valence-corrected chi connectivity index (χ2v) is 6.88. The van der Waals surface area contributed by atoms with Gasteiger partial charge in [-0.25, -0.2) is 0 Å². The van der Waals surface area contributed by atoms with E-state index in [2.05, 4.69) is 26.0 Å². The van der Waals surface area contributed by atoms with Gasteiger partial charge in [-0.1, -0.05) is 44.2 Å². The number of carbonyl (C=O) groups excluding carboxylic acids is 1. The van der Waals surface area contributed by atoms with Crippen LogP contribution in [0.2, 0.25) is 0 Å². The van der Waals surface area contributed by atoms with E-state index in [1.165, 1.54) is 5.56 Å². The Kier molecular flexibility index (Phi) is 5.38. The average Bonchev–Trinajstić information content (AvgIpc) is 2.80. The number of carboxylic acids is 1. The van der Waals surface area contributed by atoms with Crippen molar-refractivity contribution in [2.24, 2.45) is 17.3 Å². The van der Waals surface area contributed by atoms with E-state index in [9.17, 15) is 9.59 Å². The molecule has 120 valence electrons. The fourth-order valence-electron chi connectivity index (χ4n) is 3.94. The van der Waals surface area contributed by atoms with Crippen molar-refractivity contribution in [2.75, 3.05) is 0 Å². The molecule has 1 aromatic carbocycles. The van der Waals surface area contributed by atoms with E-state index in [-0.39, 0.29) is 17.8 Å². The summed E-state index contributed by atoms with van der Waals surface area (Å²) < 4.78 is 0. The number of hydrogen-bond acceptors (Lipinski definition) is 2. The molecule has 0 aliphatic heterocycles. The number of ketones is 1. The molecule has 1 aromatic rings. The first-order chi connectivity index (χ1) is 10.4. The van der Waals surface area contributed by atoms with Crippen molar-refractivity contribution in [3.63, 3.8) is 0 Å². The fraction of sp³-hybridized carbons (Fsp3) is 0.579. The first-order valence-corrected chi connectivity index (χ1v) is 8.22. The van der Waals surface area contributed by atoms with Gasteiger partial charge in [0.1, 0.15) is 5.78 Å². The molecule has 0 heterocycles. The van der Waals surface area contributed by atoms with Crippen LogP contribution in [0.5, 0.6) is 0 Å². The molecule has 1 aliphatic carbocycles. The Balaban J connectivity index is 2.03. The van der Waals surface area contributed by atoms with Gasteiger partial charge in [-0.15, -0.1) is 0 Å². The highest BCUT2D eigenvalue weighted by Gasteiger charge is 2.47. The van der Waals surface area contributed by atoms with Crippen LogP contribution in [-0.2, 0) is 16.0 Å². The predicted molar refractivity (Wildman–Crippen MR) is 86.6 cm³/mol. The lowest BCUT2D eigenvalue weighted by Gasteiger charge is -2.34. The van der Waals surface area contributed by atoms with Gasteiger partial charge in [0.15, 0.2) is 0 Å². The van der Waals surface area contributed by atoms with Gasteiger partial charge >= 0.3 is 5.97 Å². The van der Waals surface area contributed by atoms with Crippen molar-refractivity contribution in [3.8, 4) is 0 Å². The minimum atomic E-state index is -0.748. The lowest BCUT2D eigenvalue weighted by molar-refractivity contribution is -0.137. The van der Waals surface area contributed by atoms with Gasteiger partial charge in [0, 0.05) is 18.3 Å². The van der Waals surface area contributed by atoms with Crippen molar-refractivity contribution in [2.45, 2.75) is 52.4 Å². The Morgan fingerprint density at radius 2 is 2.05 bits per heavy atom. The SMILES string of the molecule is C[C@H](CCC(=O)O)[C@@H]1CCC(=O)[C@@]1(C)CCc1ccccc1. The predicted octanol–water partition coefficient (Wildman–Crippen LogP) is 4.11. The Labute approximate surface area is 132 Å². The molecule has 0 unspecified atom stereocenters. The first-order valence-electron chi connectivity index (χ1n) is 8.22. The summed E-state index contributed by atoms with van der Waals surface area (Å²) in [5, 5.41) is 8.87. The smallest absolute Gasteiger partial charge is 0.303 e. The third-order valence-electron chi connectivity index (χ3n) is 5.41. The molecule has 1 N–H and O–H groups in total. The van der Waals surface area contributed by atoms with Gasteiger partial charge in [-0.2, -0.15) is 0 Å². The fourth-order valence-corrected chi connectivity index (χ4v) is 3.94. The van der Waals surface area contributed by atoms with Gasteiger partial charge < -0.3 is 5.11 Å². The van der Waals surface area contributed by atoms with Gasteiger partial charge in [0.05, 0.1) is 0 Å². The van der Waals surface area contributed by atoms with Gasteiger partial charge in [-0.3, -0.25) is 9.59 Å². The molecule has 3 nitrogen and oxygen atoms in total. The summed E-state index contributed by atoms with van der Waals surface area (Å²) in [6.45, 7) is 4.19. The molecule has 0 radical (unpaired) electrons. The van der Waals surface area contributed by atoms with Gasteiger partial charge in [0.2, 0.25) is 0 Å². The number of aliphatic carboxylic acids is 1. The van der Waals surface area contributed by atoms with Crippen LogP contribution in [0.4, 0.5) is 0 Å². The summed E-state index contributed by atoms with van der Waals surface area (Å²) in [4.78, 5) is 23.2. The summed E-state index contributed by atoms with van der Waals surface area (Å²) >= 11 is 0. The third-order valence-corrected chi connectivity index (χ3v) is 5.41. The van der Waals surface area contributed by atoms with Crippen LogP contribution in [0.1, 0.15) is 51.5 Å². The minimum Gasteiger partial charge on any atom is -0.481 e. The molecule has 1 aliphatic rings. The van der Waals surface area contributed by atoms with Gasteiger partial charge in [-0.05, 0) is 43.1 Å². The van der Waals surface area contributed by atoms with E-state index in [0.29, 0.717) is 24.5 Å². The Hall–Kier alpha value is -1.64. The summed E-state index contributed by atoms with van der Waals surface area (Å²) in [5.41, 5.74) is 0.966. The number of carbonyl (C=O) groups is 2. The monoisotopic (exact) mass is 302 g/mol. The molecule has 0 aromatic heterocycles. The Bertz CT molecular complexity index is 523. The number of hydrogen-bond donors (Lipinski definition) is 1. The van der Waals surface area contributed by atoms with Crippen LogP contribution in [-0.4, -0.2) is 16.9 Å². The Morgan fingerprint density at radius 1 is 1.36 bits per heavy atom. The third kappa shape index (κ3) is 3.76. The molecular weight excluding hydrogens is 276 g/mol. The van der Waals surface area contributed by atoms with Crippen LogP contribution in [0.3, 0.4) is 0 Å². The number of rotatable bonds is 7. The molecule has 0 spiro atoms. The molecule has 0 saturated heterocycles. The second kappa shape index (κ2) is 7.08. The zero-order valence-corrected chi connectivity index (χ0v) is 13.5. The van der Waals surface area contributed by atoms with Crippen LogP contribution < -0.4 is 0 Å². The molecule has 1 fully saturated rings. The van der Waals surface area contributed by atoms with E-state index < -0.39 is 5.97 Å².